The fraction of sp³-hybridized carbons (Fsp3) is 0.615. The zero-order valence-electron chi connectivity index (χ0n) is 10.1. The summed E-state index contributed by atoms with van der Waals surface area (Å²) in [6, 6.07) is 0. The van der Waals surface area contributed by atoms with E-state index in [1.165, 1.54) is 12.8 Å². The van der Waals surface area contributed by atoms with Gasteiger partial charge in [0.15, 0.2) is 6.10 Å². The zero-order chi connectivity index (χ0) is 12.4. The van der Waals surface area contributed by atoms with E-state index in [1.54, 1.807) is 6.08 Å². The summed E-state index contributed by atoms with van der Waals surface area (Å²) in [7, 11) is 0. The molecule has 0 saturated carbocycles. The normalized spacial score (nSPS) is 12.1. The number of hydrogen-bond acceptors (Lipinski definition) is 2. The summed E-state index contributed by atoms with van der Waals surface area (Å²) in [4.78, 5) is 10.9. The van der Waals surface area contributed by atoms with Crippen LogP contribution in [0.3, 0.4) is 0 Å². The monoisotopic (exact) mass is 226 g/mol. The van der Waals surface area contributed by atoms with E-state index in [0.29, 0.717) is 12.0 Å². The fourth-order valence-electron chi connectivity index (χ4n) is 1.44. The van der Waals surface area contributed by atoms with Gasteiger partial charge in [-0.1, -0.05) is 38.8 Å². The number of hydrogen-bond donors (Lipinski definition) is 1. The minimum atomic E-state index is -0.970. The molecule has 0 aliphatic heterocycles. The van der Waals surface area contributed by atoms with Crippen molar-refractivity contribution in [2.45, 2.75) is 45.1 Å². The van der Waals surface area contributed by atoms with Gasteiger partial charge in [0.25, 0.3) is 0 Å². The van der Waals surface area contributed by atoms with Crippen LogP contribution in [0.15, 0.2) is 24.8 Å². The Kier molecular flexibility index (Phi) is 8.53. The second-order valence-electron chi connectivity index (χ2n) is 3.81. The Labute approximate surface area is 97.8 Å². The molecule has 3 nitrogen and oxygen atoms in total. The van der Waals surface area contributed by atoms with Gasteiger partial charge in [-0.25, -0.2) is 4.79 Å². The summed E-state index contributed by atoms with van der Waals surface area (Å²) in [6.07, 6.45) is 5.81. The van der Waals surface area contributed by atoms with Crippen LogP contribution in [0.2, 0.25) is 0 Å². The maximum Gasteiger partial charge on any atom is 0.337 e. The third kappa shape index (κ3) is 6.40. The molecule has 0 saturated heterocycles. The lowest BCUT2D eigenvalue weighted by atomic mass is 10.0. The van der Waals surface area contributed by atoms with Gasteiger partial charge in [-0.2, -0.15) is 0 Å². The van der Waals surface area contributed by atoms with Crippen LogP contribution in [0.5, 0.6) is 0 Å². The Hall–Kier alpha value is -1.09. The standard InChI is InChI=1S/C13H22O3/c1-4-6-7-8-9-11(3)12(13(14)15)16-10-5-2/h5,12H,2-4,6-10H2,1H3,(H,14,15). The molecule has 0 aromatic carbocycles. The first-order valence-corrected chi connectivity index (χ1v) is 5.76. The molecular formula is C13H22O3. The number of unbranched alkanes of at least 4 members (excludes halogenated alkanes) is 3. The molecule has 1 unspecified atom stereocenters. The summed E-state index contributed by atoms with van der Waals surface area (Å²) in [5.74, 6) is -0.970. The second-order valence-corrected chi connectivity index (χ2v) is 3.81. The molecule has 0 heterocycles. The highest BCUT2D eigenvalue weighted by Crippen LogP contribution is 2.14. The van der Waals surface area contributed by atoms with Gasteiger partial charge in [-0.3, -0.25) is 0 Å². The van der Waals surface area contributed by atoms with E-state index in [-0.39, 0.29) is 6.61 Å². The highest BCUT2D eigenvalue weighted by atomic mass is 16.5. The lowest BCUT2D eigenvalue weighted by molar-refractivity contribution is -0.147. The van der Waals surface area contributed by atoms with Crippen molar-refractivity contribution in [1.29, 1.82) is 0 Å². The van der Waals surface area contributed by atoms with Crippen molar-refractivity contribution in [1.82, 2.24) is 0 Å². The highest BCUT2D eigenvalue weighted by molar-refractivity contribution is 5.76. The SMILES string of the molecule is C=CCOC(C(=C)CCCCCC)C(=O)O. The van der Waals surface area contributed by atoms with E-state index in [9.17, 15) is 4.79 Å². The number of carbonyl (C=O) groups is 1. The zero-order valence-corrected chi connectivity index (χ0v) is 10.1. The van der Waals surface area contributed by atoms with Crippen LogP contribution in [0, 0.1) is 0 Å². The van der Waals surface area contributed by atoms with Crippen LogP contribution in [0.25, 0.3) is 0 Å². The topological polar surface area (TPSA) is 46.5 Å². The molecule has 0 spiro atoms. The van der Waals surface area contributed by atoms with Gasteiger partial charge in [-0.05, 0) is 18.4 Å². The molecule has 0 fully saturated rings. The van der Waals surface area contributed by atoms with Crippen LogP contribution in [0.1, 0.15) is 39.0 Å². The summed E-state index contributed by atoms with van der Waals surface area (Å²) >= 11 is 0. The van der Waals surface area contributed by atoms with Crippen LogP contribution in [-0.2, 0) is 9.53 Å². The largest absolute Gasteiger partial charge is 0.479 e. The molecule has 0 aliphatic rings. The molecule has 92 valence electrons. The highest BCUT2D eigenvalue weighted by Gasteiger charge is 2.20. The molecule has 0 aromatic heterocycles. The third-order valence-corrected chi connectivity index (χ3v) is 2.33. The summed E-state index contributed by atoms with van der Waals surface area (Å²) in [6.45, 7) is 9.66. The number of carboxylic acids is 1. The number of aliphatic carboxylic acids is 1. The van der Waals surface area contributed by atoms with E-state index in [2.05, 4.69) is 20.1 Å². The minimum Gasteiger partial charge on any atom is -0.479 e. The van der Waals surface area contributed by atoms with Crippen LogP contribution < -0.4 is 0 Å². The Bertz CT molecular complexity index is 233. The van der Waals surface area contributed by atoms with Gasteiger partial charge in [0.1, 0.15) is 0 Å². The Morgan fingerprint density at radius 1 is 1.44 bits per heavy atom. The number of rotatable bonds is 10. The first-order chi connectivity index (χ1) is 7.63. The van der Waals surface area contributed by atoms with Gasteiger partial charge >= 0.3 is 5.97 Å². The second kappa shape index (κ2) is 9.16. The molecule has 1 atom stereocenters. The lowest BCUT2D eigenvalue weighted by Gasteiger charge is -2.15. The molecule has 16 heavy (non-hydrogen) atoms. The van der Waals surface area contributed by atoms with E-state index >= 15 is 0 Å². The number of carboxylic acid groups (broad SMARTS) is 1. The smallest absolute Gasteiger partial charge is 0.337 e. The fourth-order valence-corrected chi connectivity index (χ4v) is 1.44. The van der Waals surface area contributed by atoms with Crippen LogP contribution in [-0.4, -0.2) is 23.8 Å². The first-order valence-electron chi connectivity index (χ1n) is 5.76. The molecule has 0 bridgehead atoms. The molecule has 0 aromatic rings. The molecular weight excluding hydrogens is 204 g/mol. The van der Waals surface area contributed by atoms with E-state index in [1.807, 2.05) is 0 Å². The maximum atomic E-state index is 10.9. The average molecular weight is 226 g/mol. The van der Waals surface area contributed by atoms with Gasteiger partial charge in [0, 0.05) is 0 Å². The molecule has 0 rings (SSSR count). The molecule has 0 amide bonds. The van der Waals surface area contributed by atoms with Crippen molar-refractivity contribution < 1.29 is 14.6 Å². The van der Waals surface area contributed by atoms with E-state index in [0.717, 1.165) is 12.8 Å². The van der Waals surface area contributed by atoms with E-state index in [4.69, 9.17) is 9.84 Å². The predicted octanol–water partition coefficient (Wildman–Crippen LogP) is 3.17. The van der Waals surface area contributed by atoms with Crippen molar-refractivity contribution in [3.05, 3.63) is 24.8 Å². The van der Waals surface area contributed by atoms with Gasteiger partial charge in [-0.15, -0.1) is 6.58 Å². The van der Waals surface area contributed by atoms with Crippen molar-refractivity contribution in [2.24, 2.45) is 0 Å². The first kappa shape index (κ1) is 14.9. The molecule has 3 heteroatoms. The average Bonchev–Trinajstić information content (AvgIpc) is 2.24. The van der Waals surface area contributed by atoms with Crippen molar-refractivity contribution in [2.75, 3.05) is 6.61 Å². The lowest BCUT2D eigenvalue weighted by Crippen LogP contribution is -2.26. The van der Waals surface area contributed by atoms with Crippen LogP contribution in [0.4, 0.5) is 0 Å². The third-order valence-electron chi connectivity index (χ3n) is 2.33. The molecule has 0 aliphatic carbocycles. The minimum absolute atomic E-state index is 0.241. The van der Waals surface area contributed by atoms with Gasteiger partial charge < -0.3 is 9.84 Å². The molecule has 0 radical (unpaired) electrons. The summed E-state index contributed by atoms with van der Waals surface area (Å²) < 4.78 is 5.15. The number of ether oxygens (including phenoxy) is 1. The van der Waals surface area contributed by atoms with Crippen molar-refractivity contribution in [3.63, 3.8) is 0 Å². The quantitative estimate of drug-likeness (QED) is 0.459. The Morgan fingerprint density at radius 3 is 2.62 bits per heavy atom. The van der Waals surface area contributed by atoms with Crippen molar-refractivity contribution in [3.8, 4) is 0 Å². The summed E-state index contributed by atoms with van der Waals surface area (Å²) in [5, 5.41) is 8.95. The maximum absolute atomic E-state index is 10.9. The molecule has 1 N–H and O–H groups in total. The Balaban J connectivity index is 3.97. The van der Waals surface area contributed by atoms with Crippen molar-refractivity contribution >= 4 is 5.97 Å². The van der Waals surface area contributed by atoms with Gasteiger partial charge in [0.2, 0.25) is 0 Å². The summed E-state index contributed by atoms with van der Waals surface area (Å²) in [5.41, 5.74) is 0.644. The predicted molar refractivity (Wildman–Crippen MR) is 65.5 cm³/mol. The van der Waals surface area contributed by atoms with Gasteiger partial charge in [0.05, 0.1) is 6.61 Å². The van der Waals surface area contributed by atoms with Crippen LogP contribution >= 0.6 is 0 Å². The Morgan fingerprint density at radius 2 is 2.12 bits per heavy atom. The van der Waals surface area contributed by atoms with E-state index < -0.39 is 12.1 Å².